The lowest BCUT2D eigenvalue weighted by Gasteiger charge is -2.14. The summed E-state index contributed by atoms with van der Waals surface area (Å²) in [4.78, 5) is 9.68. The number of hydrogen-bond donors (Lipinski definition) is 2. The number of anilines is 2. The van der Waals surface area contributed by atoms with Crippen LogP contribution in [0.15, 0.2) is 30.3 Å². The van der Waals surface area contributed by atoms with E-state index >= 15 is 0 Å². The van der Waals surface area contributed by atoms with Crippen LogP contribution in [-0.2, 0) is 12.7 Å². The zero-order valence-electron chi connectivity index (χ0n) is 14.6. The van der Waals surface area contributed by atoms with Crippen LogP contribution in [0.25, 0.3) is 0 Å². The quantitative estimate of drug-likeness (QED) is 0.667. The SMILES string of the molecule is CN(C)CCCNc1nc(NCc2ccccc2Cl)cc(C(F)(F)F)n1. The highest BCUT2D eigenvalue weighted by molar-refractivity contribution is 6.31. The Morgan fingerprint density at radius 1 is 1.12 bits per heavy atom. The molecule has 0 aliphatic carbocycles. The second-order valence-electron chi connectivity index (χ2n) is 5.99. The lowest BCUT2D eigenvalue weighted by molar-refractivity contribution is -0.141. The molecule has 26 heavy (non-hydrogen) atoms. The molecule has 2 aromatic rings. The van der Waals surface area contributed by atoms with E-state index in [1.54, 1.807) is 18.2 Å². The molecule has 0 bridgehead atoms. The van der Waals surface area contributed by atoms with E-state index in [1.807, 2.05) is 25.1 Å². The van der Waals surface area contributed by atoms with Crippen molar-refractivity contribution in [2.75, 3.05) is 37.8 Å². The Kier molecular flexibility index (Phi) is 7.05. The van der Waals surface area contributed by atoms with E-state index in [0.717, 1.165) is 24.6 Å². The third-order valence-corrected chi connectivity index (χ3v) is 3.87. The molecule has 0 unspecified atom stereocenters. The molecule has 1 heterocycles. The molecule has 0 aliphatic rings. The summed E-state index contributed by atoms with van der Waals surface area (Å²) in [5, 5.41) is 6.26. The van der Waals surface area contributed by atoms with Gasteiger partial charge in [0.05, 0.1) is 0 Å². The van der Waals surface area contributed by atoms with E-state index in [9.17, 15) is 13.2 Å². The Bertz CT molecular complexity index is 722. The van der Waals surface area contributed by atoms with Gasteiger partial charge in [-0.2, -0.15) is 18.2 Å². The van der Waals surface area contributed by atoms with Gasteiger partial charge in [-0.1, -0.05) is 29.8 Å². The van der Waals surface area contributed by atoms with E-state index < -0.39 is 11.9 Å². The van der Waals surface area contributed by atoms with Crippen LogP contribution >= 0.6 is 11.6 Å². The number of halogens is 4. The molecular weight excluding hydrogens is 367 g/mol. The summed E-state index contributed by atoms with van der Waals surface area (Å²) < 4.78 is 39.3. The minimum absolute atomic E-state index is 0.0553. The number of alkyl halides is 3. The van der Waals surface area contributed by atoms with Gasteiger partial charge in [0.1, 0.15) is 5.82 Å². The Hall–Kier alpha value is -2.06. The van der Waals surface area contributed by atoms with Crippen molar-refractivity contribution in [2.24, 2.45) is 0 Å². The molecular formula is C17H21ClF3N5. The third-order valence-electron chi connectivity index (χ3n) is 3.50. The fourth-order valence-corrected chi connectivity index (χ4v) is 2.39. The van der Waals surface area contributed by atoms with Gasteiger partial charge in [0.2, 0.25) is 5.95 Å². The molecule has 0 radical (unpaired) electrons. The molecule has 9 heteroatoms. The van der Waals surface area contributed by atoms with Gasteiger partial charge in [0.15, 0.2) is 5.69 Å². The zero-order chi connectivity index (χ0) is 19.2. The van der Waals surface area contributed by atoms with Gasteiger partial charge in [0, 0.05) is 24.2 Å². The average Bonchev–Trinajstić information content (AvgIpc) is 2.57. The average molecular weight is 388 g/mol. The van der Waals surface area contributed by atoms with Gasteiger partial charge in [-0.3, -0.25) is 0 Å². The predicted octanol–water partition coefficient (Wildman–Crippen LogP) is 4.12. The van der Waals surface area contributed by atoms with Crippen molar-refractivity contribution in [1.82, 2.24) is 14.9 Å². The van der Waals surface area contributed by atoms with Gasteiger partial charge in [-0.05, 0) is 38.7 Å². The number of hydrogen-bond acceptors (Lipinski definition) is 5. The van der Waals surface area contributed by atoms with Crippen LogP contribution in [0.1, 0.15) is 17.7 Å². The Morgan fingerprint density at radius 3 is 2.50 bits per heavy atom. The highest BCUT2D eigenvalue weighted by Gasteiger charge is 2.33. The smallest absolute Gasteiger partial charge is 0.366 e. The molecule has 0 saturated heterocycles. The van der Waals surface area contributed by atoms with Crippen LogP contribution in [0, 0.1) is 0 Å². The van der Waals surface area contributed by atoms with E-state index in [0.29, 0.717) is 11.6 Å². The summed E-state index contributed by atoms with van der Waals surface area (Å²) in [5.74, 6) is 0.0302. The molecule has 142 valence electrons. The maximum Gasteiger partial charge on any atom is 0.433 e. The highest BCUT2D eigenvalue weighted by Crippen LogP contribution is 2.30. The molecule has 2 rings (SSSR count). The summed E-state index contributed by atoms with van der Waals surface area (Å²) in [7, 11) is 3.86. The van der Waals surface area contributed by atoms with Crippen molar-refractivity contribution in [1.29, 1.82) is 0 Å². The van der Waals surface area contributed by atoms with Crippen LogP contribution in [0.5, 0.6) is 0 Å². The largest absolute Gasteiger partial charge is 0.433 e. The summed E-state index contributed by atoms with van der Waals surface area (Å²) in [6.07, 6.45) is -3.79. The second kappa shape index (κ2) is 9.05. The van der Waals surface area contributed by atoms with Crippen LogP contribution in [0.3, 0.4) is 0 Å². The molecule has 2 N–H and O–H groups in total. The van der Waals surface area contributed by atoms with Gasteiger partial charge in [-0.25, -0.2) is 4.98 Å². The fourth-order valence-electron chi connectivity index (χ4n) is 2.19. The van der Waals surface area contributed by atoms with Crippen molar-refractivity contribution in [3.8, 4) is 0 Å². The molecule has 0 atom stereocenters. The predicted molar refractivity (Wildman–Crippen MR) is 97.5 cm³/mol. The number of aromatic nitrogens is 2. The van der Waals surface area contributed by atoms with Crippen molar-refractivity contribution in [2.45, 2.75) is 19.1 Å². The summed E-state index contributed by atoms with van der Waals surface area (Å²) >= 11 is 6.07. The first-order valence-corrected chi connectivity index (χ1v) is 8.45. The van der Waals surface area contributed by atoms with Gasteiger partial charge >= 0.3 is 6.18 Å². The molecule has 1 aromatic heterocycles. The van der Waals surface area contributed by atoms with E-state index in [1.165, 1.54) is 0 Å². The third kappa shape index (κ3) is 6.34. The van der Waals surface area contributed by atoms with Crippen molar-refractivity contribution in [3.63, 3.8) is 0 Å². The highest BCUT2D eigenvalue weighted by atomic mass is 35.5. The standard InChI is InChI=1S/C17H21ClF3N5/c1-26(2)9-5-8-22-16-24-14(17(19,20)21)10-15(25-16)23-11-12-6-3-4-7-13(12)18/h3-4,6-7,10H,5,8-9,11H2,1-2H3,(H2,22,23,24,25). The molecule has 0 fully saturated rings. The first-order valence-electron chi connectivity index (χ1n) is 8.08. The molecule has 1 aromatic carbocycles. The van der Waals surface area contributed by atoms with E-state index in [-0.39, 0.29) is 18.3 Å². The Morgan fingerprint density at radius 2 is 1.85 bits per heavy atom. The first-order chi connectivity index (χ1) is 12.3. The number of rotatable bonds is 8. The number of nitrogens with one attached hydrogen (secondary N) is 2. The molecule has 5 nitrogen and oxygen atoms in total. The minimum atomic E-state index is -4.55. The van der Waals surface area contributed by atoms with Gasteiger partial charge in [-0.15, -0.1) is 0 Å². The molecule has 0 amide bonds. The maximum absolute atomic E-state index is 13.1. The van der Waals surface area contributed by atoms with Crippen molar-refractivity contribution in [3.05, 3.63) is 46.6 Å². The van der Waals surface area contributed by atoms with Crippen LogP contribution in [-0.4, -0.2) is 42.1 Å². The van der Waals surface area contributed by atoms with Crippen molar-refractivity contribution >= 4 is 23.4 Å². The lowest BCUT2D eigenvalue weighted by atomic mass is 10.2. The summed E-state index contributed by atoms with van der Waals surface area (Å²) in [5.41, 5.74) is -0.230. The van der Waals surface area contributed by atoms with Crippen LogP contribution < -0.4 is 10.6 Å². The van der Waals surface area contributed by atoms with Gasteiger partial charge < -0.3 is 15.5 Å². The van der Waals surface area contributed by atoms with Crippen molar-refractivity contribution < 1.29 is 13.2 Å². The van der Waals surface area contributed by atoms with Gasteiger partial charge in [0.25, 0.3) is 0 Å². The topological polar surface area (TPSA) is 53.1 Å². The number of benzene rings is 1. The zero-order valence-corrected chi connectivity index (χ0v) is 15.3. The maximum atomic E-state index is 13.1. The Labute approximate surface area is 155 Å². The summed E-state index contributed by atoms with van der Waals surface area (Å²) in [6, 6.07) is 8.00. The molecule has 0 aliphatic heterocycles. The monoisotopic (exact) mass is 387 g/mol. The van der Waals surface area contributed by atoms with Crippen LogP contribution in [0.2, 0.25) is 5.02 Å². The Balaban J connectivity index is 2.11. The molecule has 0 spiro atoms. The first kappa shape index (κ1) is 20.3. The van der Waals surface area contributed by atoms with E-state index in [4.69, 9.17) is 11.6 Å². The fraction of sp³-hybridized carbons (Fsp3) is 0.412. The normalized spacial score (nSPS) is 11.7. The van der Waals surface area contributed by atoms with E-state index in [2.05, 4.69) is 20.6 Å². The molecule has 0 saturated carbocycles. The lowest BCUT2D eigenvalue weighted by Crippen LogP contribution is -2.18. The number of nitrogens with zero attached hydrogens (tertiary/aromatic N) is 3. The minimum Gasteiger partial charge on any atom is -0.366 e. The second-order valence-corrected chi connectivity index (χ2v) is 6.40. The van der Waals surface area contributed by atoms with Crippen LogP contribution in [0.4, 0.5) is 24.9 Å². The summed E-state index contributed by atoms with van der Waals surface area (Å²) in [6.45, 7) is 1.54.